The van der Waals surface area contributed by atoms with Crippen LogP contribution in [0.4, 0.5) is 8.78 Å². The molecule has 2 aliphatic rings. The molecule has 2 fully saturated rings. The highest BCUT2D eigenvalue weighted by molar-refractivity contribution is 14.0. The van der Waals surface area contributed by atoms with E-state index in [1.807, 2.05) is 0 Å². The minimum atomic E-state index is -0.548. The Balaban J connectivity index is 0.00000280. The smallest absolute Gasteiger partial charge is 0.191 e. The molecule has 0 aromatic heterocycles. The molecular formula is C20H31F2IN4O. The molecule has 0 bridgehead atoms. The molecule has 2 N–H and O–H groups in total. The lowest BCUT2D eigenvalue weighted by molar-refractivity contribution is 0.150. The highest BCUT2D eigenvalue weighted by Crippen LogP contribution is 2.17. The third kappa shape index (κ3) is 7.11. The van der Waals surface area contributed by atoms with Gasteiger partial charge in [-0.25, -0.2) is 8.78 Å². The van der Waals surface area contributed by atoms with E-state index in [9.17, 15) is 8.78 Å². The Bertz CT molecular complexity index is 633. The van der Waals surface area contributed by atoms with Gasteiger partial charge < -0.3 is 20.3 Å². The highest BCUT2D eigenvalue weighted by atomic mass is 127. The van der Waals surface area contributed by atoms with Crippen LogP contribution in [-0.4, -0.2) is 63.3 Å². The minimum absolute atomic E-state index is 0. The monoisotopic (exact) mass is 508 g/mol. The van der Waals surface area contributed by atoms with Gasteiger partial charge in [0.1, 0.15) is 11.6 Å². The number of piperidine rings is 1. The van der Waals surface area contributed by atoms with Crippen LogP contribution in [0.3, 0.4) is 0 Å². The maximum Gasteiger partial charge on any atom is 0.191 e. The lowest BCUT2D eigenvalue weighted by atomic mass is 10.0. The topological polar surface area (TPSA) is 48.9 Å². The average Bonchev–Trinajstić information content (AvgIpc) is 3.17. The second-order valence-electron chi connectivity index (χ2n) is 7.43. The molecule has 158 valence electrons. The van der Waals surface area contributed by atoms with Crippen molar-refractivity contribution in [2.75, 3.05) is 46.4 Å². The Morgan fingerprint density at radius 1 is 1.25 bits per heavy atom. The van der Waals surface area contributed by atoms with E-state index in [2.05, 4.69) is 20.5 Å². The quantitative estimate of drug-likeness (QED) is 0.353. The highest BCUT2D eigenvalue weighted by Gasteiger charge is 2.24. The third-order valence-electron chi connectivity index (χ3n) is 5.39. The van der Waals surface area contributed by atoms with Crippen molar-refractivity contribution in [3.63, 3.8) is 0 Å². The van der Waals surface area contributed by atoms with Crippen LogP contribution in [0.1, 0.15) is 24.8 Å². The first-order chi connectivity index (χ1) is 13.1. The third-order valence-corrected chi connectivity index (χ3v) is 5.39. The fourth-order valence-electron chi connectivity index (χ4n) is 3.78. The predicted molar refractivity (Wildman–Crippen MR) is 118 cm³/mol. The summed E-state index contributed by atoms with van der Waals surface area (Å²) in [4.78, 5) is 6.80. The molecule has 8 heteroatoms. The Labute approximate surface area is 183 Å². The second-order valence-corrected chi connectivity index (χ2v) is 7.43. The number of nitrogens with zero attached hydrogens (tertiary/aromatic N) is 2. The van der Waals surface area contributed by atoms with E-state index in [-0.39, 0.29) is 24.0 Å². The number of guanidine groups is 1. The molecule has 0 spiro atoms. The summed E-state index contributed by atoms with van der Waals surface area (Å²) >= 11 is 0. The number of hydrogen-bond donors (Lipinski definition) is 2. The van der Waals surface area contributed by atoms with Crippen LogP contribution in [0.25, 0.3) is 0 Å². The minimum Gasteiger partial charge on any atom is -0.381 e. The average molecular weight is 508 g/mol. The molecule has 1 atom stereocenters. The molecule has 1 aromatic carbocycles. The molecule has 28 heavy (non-hydrogen) atoms. The lowest BCUT2D eigenvalue weighted by Gasteiger charge is -2.34. The summed E-state index contributed by atoms with van der Waals surface area (Å²) in [5.74, 6) is 0.379. The van der Waals surface area contributed by atoms with Crippen LogP contribution in [0, 0.1) is 17.6 Å². The van der Waals surface area contributed by atoms with Crippen LogP contribution in [0.2, 0.25) is 0 Å². The Morgan fingerprint density at radius 2 is 2.04 bits per heavy atom. The van der Waals surface area contributed by atoms with Crippen LogP contribution in [-0.2, 0) is 11.2 Å². The summed E-state index contributed by atoms with van der Waals surface area (Å²) in [5.41, 5.74) is 0.503. The molecular weight excluding hydrogens is 477 g/mol. The van der Waals surface area contributed by atoms with Crippen molar-refractivity contribution in [3.8, 4) is 0 Å². The molecule has 1 unspecified atom stereocenters. The molecule has 2 aliphatic heterocycles. The van der Waals surface area contributed by atoms with Crippen LogP contribution in [0.5, 0.6) is 0 Å². The summed E-state index contributed by atoms with van der Waals surface area (Å²) < 4.78 is 32.1. The molecule has 2 saturated heterocycles. The van der Waals surface area contributed by atoms with E-state index in [0.29, 0.717) is 30.5 Å². The zero-order chi connectivity index (χ0) is 19.1. The van der Waals surface area contributed by atoms with E-state index in [4.69, 9.17) is 4.74 Å². The summed E-state index contributed by atoms with van der Waals surface area (Å²) in [7, 11) is 1.74. The molecule has 0 saturated carbocycles. The summed E-state index contributed by atoms with van der Waals surface area (Å²) in [6.07, 6.45) is 3.83. The Morgan fingerprint density at radius 3 is 2.68 bits per heavy atom. The van der Waals surface area contributed by atoms with E-state index in [1.165, 1.54) is 18.6 Å². The molecule has 0 aliphatic carbocycles. The predicted octanol–water partition coefficient (Wildman–Crippen LogP) is 2.79. The molecule has 0 radical (unpaired) electrons. The van der Waals surface area contributed by atoms with Gasteiger partial charge in [0.05, 0.1) is 6.61 Å². The molecule has 5 nitrogen and oxygen atoms in total. The lowest BCUT2D eigenvalue weighted by Crippen LogP contribution is -2.49. The summed E-state index contributed by atoms with van der Waals surface area (Å²) in [6, 6.07) is 4.10. The number of halogens is 3. The maximum atomic E-state index is 13.7. The molecule has 2 heterocycles. The maximum absolute atomic E-state index is 13.7. The normalized spacial score (nSPS) is 21.4. The second kappa shape index (κ2) is 11.9. The summed E-state index contributed by atoms with van der Waals surface area (Å²) in [6.45, 7) is 5.68. The number of aliphatic imine (C=N–C) groups is 1. The van der Waals surface area contributed by atoms with Gasteiger partial charge in [-0.3, -0.25) is 4.99 Å². The van der Waals surface area contributed by atoms with Crippen molar-refractivity contribution in [3.05, 3.63) is 35.4 Å². The first-order valence-electron chi connectivity index (χ1n) is 9.85. The number of nitrogens with one attached hydrogen (secondary N) is 2. The number of benzene rings is 1. The van der Waals surface area contributed by atoms with Crippen molar-refractivity contribution >= 4 is 29.9 Å². The van der Waals surface area contributed by atoms with Gasteiger partial charge in [0, 0.05) is 51.9 Å². The Kier molecular flexibility index (Phi) is 9.87. The van der Waals surface area contributed by atoms with Crippen LogP contribution < -0.4 is 10.6 Å². The van der Waals surface area contributed by atoms with E-state index < -0.39 is 11.6 Å². The van der Waals surface area contributed by atoms with Gasteiger partial charge in [-0.05, 0) is 43.2 Å². The van der Waals surface area contributed by atoms with Crippen LogP contribution in [0.15, 0.2) is 23.2 Å². The van der Waals surface area contributed by atoms with E-state index in [1.54, 1.807) is 7.05 Å². The first-order valence-corrected chi connectivity index (χ1v) is 9.85. The Hall–Kier alpha value is -1.00. The molecule has 3 rings (SSSR count). The van der Waals surface area contributed by atoms with Gasteiger partial charge >= 0.3 is 0 Å². The van der Waals surface area contributed by atoms with Gasteiger partial charge in [-0.2, -0.15) is 0 Å². The van der Waals surface area contributed by atoms with Gasteiger partial charge in [0.25, 0.3) is 0 Å². The van der Waals surface area contributed by atoms with Crippen molar-refractivity contribution in [2.45, 2.75) is 31.7 Å². The van der Waals surface area contributed by atoms with E-state index in [0.717, 1.165) is 57.7 Å². The van der Waals surface area contributed by atoms with E-state index >= 15 is 0 Å². The number of likely N-dealkylation sites (tertiary alicyclic amines) is 1. The largest absolute Gasteiger partial charge is 0.381 e. The van der Waals surface area contributed by atoms with Crippen molar-refractivity contribution in [1.29, 1.82) is 0 Å². The summed E-state index contributed by atoms with van der Waals surface area (Å²) in [5, 5.41) is 6.69. The van der Waals surface area contributed by atoms with Gasteiger partial charge in [0.15, 0.2) is 5.96 Å². The molecule has 1 aromatic rings. The van der Waals surface area contributed by atoms with Gasteiger partial charge in [0.2, 0.25) is 0 Å². The number of rotatable bonds is 6. The standard InChI is InChI=1S/C20H30F2N4O.HI/c1-23-20(24-8-4-16-2-3-17(21)12-19(16)22)25-18-5-9-26(10-6-18)13-15-7-11-27-14-15;/h2-3,12,15,18H,4-11,13-14H2,1H3,(H2,23,24,25);1H. The number of ether oxygens (including phenoxy) is 1. The van der Waals surface area contributed by atoms with Gasteiger partial charge in [-0.15, -0.1) is 24.0 Å². The molecule has 0 amide bonds. The first kappa shape index (κ1) is 23.3. The fourth-order valence-corrected chi connectivity index (χ4v) is 3.78. The van der Waals surface area contributed by atoms with Crippen molar-refractivity contribution < 1.29 is 13.5 Å². The SMILES string of the molecule is CN=C(NCCc1ccc(F)cc1F)NC1CCN(CC2CCOC2)CC1.I. The zero-order valence-corrected chi connectivity index (χ0v) is 18.8. The number of hydrogen-bond acceptors (Lipinski definition) is 3. The zero-order valence-electron chi connectivity index (χ0n) is 16.4. The fraction of sp³-hybridized carbons (Fsp3) is 0.650. The van der Waals surface area contributed by atoms with Crippen LogP contribution >= 0.6 is 24.0 Å². The van der Waals surface area contributed by atoms with Crippen molar-refractivity contribution in [1.82, 2.24) is 15.5 Å². The van der Waals surface area contributed by atoms with Gasteiger partial charge in [-0.1, -0.05) is 6.07 Å². The van der Waals surface area contributed by atoms with Crippen molar-refractivity contribution in [2.24, 2.45) is 10.9 Å².